The van der Waals surface area contributed by atoms with Gasteiger partial charge in [-0.25, -0.2) is 9.97 Å². The first-order valence-corrected chi connectivity index (χ1v) is 6.61. The minimum Gasteiger partial charge on any atom is -0.354 e. The molecule has 1 heterocycles. The Hall–Kier alpha value is -1.61. The van der Waals surface area contributed by atoms with Gasteiger partial charge in [0.2, 0.25) is 5.95 Å². The first-order valence-electron chi connectivity index (χ1n) is 6.61. The first-order chi connectivity index (χ1) is 10.1. The number of hydrogen-bond donors (Lipinski definition) is 1. The van der Waals surface area contributed by atoms with Crippen LogP contribution in [0, 0.1) is 0 Å². The summed E-state index contributed by atoms with van der Waals surface area (Å²) in [5.74, 6) is -12.2. The van der Waals surface area contributed by atoms with Crippen molar-refractivity contribution in [2.75, 3.05) is 11.9 Å². The summed E-state index contributed by atoms with van der Waals surface area (Å²) in [6.45, 7) is 6.39. The molecule has 1 aromatic rings. The summed E-state index contributed by atoms with van der Waals surface area (Å²) in [6, 6.07) is 0.473. The number of rotatable bonds is 4. The molecule has 10 heteroatoms. The lowest BCUT2D eigenvalue weighted by Crippen LogP contribution is -2.50. The molecule has 0 saturated heterocycles. The minimum atomic E-state index is -6.41. The van der Waals surface area contributed by atoms with Gasteiger partial charge in [-0.1, -0.05) is 20.8 Å². The molecule has 0 aliphatic rings. The molecule has 1 N–H and O–H groups in total. The van der Waals surface area contributed by atoms with Crippen LogP contribution >= 0.6 is 0 Å². The van der Waals surface area contributed by atoms with Gasteiger partial charge in [-0.3, -0.25) is 0 Å². The van der Waals surface area contributed by atoms with Crippen molar-refractivity contribution in [1.29, 1.82) is 0 Å². The molecule has 0 radical (unpaired) electrons. The van der Waals surface area contributed by atoms with Crippen LogP contribution < -0.4 is 5.32 Å². The monoisotopic (exact) mass is 347 g/mol. The van der Waals surface area contributed by atoms with Crippen LogP contribution in [0.4, 0.5) is 36.7 Å². The van der Waals surface area contributed by atoms with E-state index >= 15 is 0 Å². The average Bonchev–Trinajstić information content (AvgIpc) is 2.36. The maximum Gasteiger partial charge on any atom is 0.460 e. The van der Waals surface area contributed by atoms with E-state index in [1.807, 2.05) is 0 Å². The normalized spacial score (nSPS) is 14.0. The van der Waals surface area contributed by atoms with Crippen molar-refractivity contribution in [3.05, 3.63) is 17.5 Å². The van der Waals surface area contributed by atoms with E-state index < -0.39 is 35.1 Å². The first kappa shape index (κ1) is 19.4. The third-order valence-electron chi connectivity index (χ3n) is 2.90. The molecular weight excluding hydrogens is 331 g/mol. The number of anilines is 1. The van der Waals surface area contributed by atoms with E-state index in [4.69, 9.17) is 0 Å². The Bertz CT molecular complexity index is 562. The van der Waals surface area contributed by atoms with Crippen molar-refractivity contribution >= 4 is 5.95 Å². The Morgan fingerprint density at radius 2 is 1.39 bits per heavy atom. The minimum absolute atomic E-state index is 0.0869. The molecule has 0 atom stereocenters. The second-order valence-corrected chi connectivity index (χ2v) is 5.89. The highest BCUT2D eigenvalue weighted by atomic mass is 19.4. The van der Waals surface area contributed by atoms with Crippen LogP contribution in [0.2, 0.25) is 0 Å². The van der Waals surface area contributed by atoms with Crippen molar-refractivity contribution in [2.24, 2.45) is 0 Å². The second kappa shape index (κ2) is 5.79. The van der Waals surface area contributed by atoms with Crippen LogP contribution in [0.25, 0.3) is 0 Å². The van der Waals surface area contributed by atoms with Crippen molar-refractivity contribution in [1.82, 2.24) is 9.97 Å². The lowest BCUT2D eigenvalue weighted by atomic mass is 9.90. The van der Waals surface area contributed by atoms with E-state index in [1.54, 1.807) is 27.7 Å². The zero-order valence-electron chi connectivity index (χ0n) is 12.8. The number of aromatic nitrogens is 2. The fraction of sp³-hybridized carbons (Fsp3) is 0.692. The van der Waals surface area contributed by atoms with Crippen LogP contribution in [0.15, 0.2) is 6.07 Å². The molecule has 23 heavy (non-hydrogen) atoms. The third-order valence-corrected chi connectivity index (χ3v) is 2.90. The standard InChI is InChI=1S/C13H16F7N3/c1-5-21-9-22-7(10(2,3)4)6-8(23-9)11(14,15)12(16,17)13(18,19)20/h6H,5H2,1-4H3,(H,21,22,23). The predicted octanol–water partition coefficient (Wildman–Crippen LogP) is 4.50. The molecule has 0 saturated carbocycles. The molecule has 0 aliphatic heterocycles. The summed E-state index contributed by atoms with van der Waals surface area (Å²) >= 11 is 0. The Morgan fingerprint density at radius 3 is 1.78 bits per heavy atom. The summed E-state index contributed by atoms with van der Waals surface area (Å²) < 4.78 is 91.0. The van der Waals surface area contributed by atoms with Crippen LogP contribution in [0.5, 0.6) is 0 Å². The van der Waals surface area contributed by atoms with E-state index in [0.717, 1.165) is 0 Å². The van der Waals surface area contributed by atoms with Gasteiger partial charge in [0.05, 0.1) is 5.69 Å². The van der Waals surface area contributed by atoms with E-state index in [9.17, 15) is 30.7 Å². The van der Waals surface area contributed by atoms with Gasteiger partial charge in [0.15, 0.2) is 0 Å². The maximum atomic E-state index is 13.8. The Morgan fingerprint density at radius 1 is 0.913 bits per heavy atom. The van der Waals surface area contributed by atoms with Crippen molar-refractivity contribution in [2.45, 2.75) is 51.1 Å². The van der Waals surface area contributed by atoms with Crippen molar-refractivity contribution in [3.8, 4) is 0 Å². The summed E-state index contributed by atoms with van der Waals surface area (Å²) in [6.07, 6.45) is -6.41. The Kier molecular flexibility index (Phi) is 4.89. The molecular formula is C13H16F7N3. The van der Waals surface area contributed by atoms with E-state index in [-0.39, 0.29) is 12.2 Å². The smallest absolute Gasteiger partial charge is 0.354 e. The Labute approximate surface area is 128 Å². The van der Waals surface area contributed by atoms with Crippen LogP contribution in [0.3, 0.4) is 0 Å². The highest BCUT2D eigenvalue weighted by Crippen LogP contribution is 2.51. The quantitative estimate of drug-likeness (QED) is 0.815. The molecule has 132 valence electrons. The molecule has 0 amide bonds. The number of nitrogens with zero attached hydrogens (tertiary/aromatic N) is 2. The van der Waals surface area contributed by atoms with Gasteiger partial charge in [-0.2, -0.15) is 30.7 Å². The highest BCUT2D eigenvalue weighted by molar-refractivity contribution is 5.33. The SMILES string of the molecule is CCNc1nc(C(C)(C)C)cc(C(F)(F)C(F)(F)C(F)(F)F)n1. The number of nitrogens with one attached hydrogen (secondary N) is 1. The van der Waals surface area contributed by atoms with E-state index in [2.05, 4.69) is 15.3 Å². The van der Waals surface area contributed by atoms with Crippen molar-refractivity contribution < 1.29 is 30.7 Å². The molecule has 0 fully saturated rings. The number of halogens is 7. The van der Waals surface area contributed by atoms with Gasteiger partial charge in [0.25, 0.3) is 0 Å². The van der Waals surface area contributed by atoms with E-state index in [0.29, 0.717) is 6.07 Å². The molecule has 1 rings (SSSR count). The molecule has 0 spiro atoms. The molecule has 0 unspecified atom stereocenters. The zero-order valence-corrected chi connectivity index (χ0v) is 12.8. The van der Waals surface area contributed by atoms with Crippen LogP contribution in [-0.4, -0.2) is 28.6 Å². The number of alkyl halides is 7. The largest absolute Gasteiger partial charge is 0.460 e. The molecule has 0 bridgehead atoms. The predicted molar refractivity (Wildman–Crippen MR) is 69.8 cm³/mol. The summed E-state index contributed by atoms with van der Waals surface area (Å²) in [5, 5.41) is 2.44. The van der Waals surface area contributed by atoms with Gasteiger partial charge in [0, 0.05) is 12.0 Å². The molecule has 0 aliphatic carbocycles. The lowest BCUT2D eigenvalue weighted by Gasteiger charge is -2.29. The fourth-order valence-corrected chi connectivity index (χ4v) is 1.57. The van der Waals surface area contributed by atoms with Crippen LogP contribution in [0.1, 0.15) is 39.1 Å². The molecule has 0 aromatic carbocycles. The highest BCUT2D eigenvalue weighted by Gasteiger charge is 2.74. The second-order valence-electron chi connectivity index (χ2n) is 5.89. The lowest BCUT2D eigenvalue weighted by molar-refractivity contribution is -0.360. The summed E-state index contributed by atoms with van der Waals surface area (Å²) in [4.78, 5) is 7.01. The molecule has 1 aromatic heterocycles. The summed E-state index contributed by atoms with van der Waals surface area (Å²) in [5.41, 5.74) is -2.63. The van der Waals surface area contributed by atoms with Crippen LogP contribution in [-0.2, 0) is 11.3 Å². The maximum absolute atomic E-state index is 13.8. The Balaban J connectivity index is 3.54. The fourth-order valence-electron chi connectivity index (χ4n) is 1.57. The van der Waals surface area contributed by atoms with E-state index in [1.165, 1.54) is 0 Å². The van der Waals surface area contributed by atoms with Gasteiger partial charge in [0.1, 0.15) is 5.69 Å². The van der Waals surface area contributed by atoms with Gasteiger partial charge in [-0.05, 0) is 13.0 Å². The third kappa shape index (κ3) is 3.66. The molecule has 3 nitrogen and oxygen atoms in total. The summed E-state index contributed by atoms with van der Waals surface area (Å²) in [7, 11) is 0. The zero-order chi connectivity index (χ0) is 18.3. The van der Waals surface area contributed by atoms with Crippen molar-refractivity contribution in [3.63, 3.8) is 0 Å². The van der Waals surface area contributed by atoms with Gasteiger partial charge in [-0.15, -0.1) is 0 Å². The average molecular weight is 347 g/mol. The topological polar surface area (TPSA) is 37.8 Å². The van der Waals surface area contributed by atoms with Gasteiger partial charge < -0.3 is 5.32 Å². The number of hydrogen-bond acceptors (Lipinski definition) is 3. The van der Waals surface area contributed by atoms with Gasteiger partial charge >= 0.3 is 18.0 Å².